The van der Waals surface area contributed by atoms with Crippen LogP contribution in [-0.2, 0) is 29.6 Å². The van der Waals surface area contributed by atoms with Gasteiger partial charge in [-0.15, -0.1) is 34.9 Å². The number of aliphatic imine (C=N–C) groups is 1. The van der Waals surface area contributed by atoms with Crippen LogP contribution in [0.4, 0.5) is 0 Å². The Balaban J connectivity index is 0.000000383. The van der Waals surface area contributed by atoms with E-state index >= 15 is 0 Å². The van der Waals surface area contributed by atoms with Crippen LogP contribution in [-0.4, -0.2) is 23.7 Å². The van der Waals surface area contributed by atoms with Gasteiger partial charge in [-0.3, -0.25) is 4.79 Å². The number of ketones is 1. The number of fused-ring (bicyclic) bond motifs is 1. The molecule has 0 bridgehead atoms. The molecule has 0 saturated carbocycles. The first kappa shape index (κ1) is 30.8. The van der Waals surface area contributed by atoms with Crippen molar-refractivity contribution in [3.63, 3.8) is 0 Å². The van der Waals surface area contributed by atoms with Gasteiger partial charge in [0.05, 0.1) is 12.9 Å². The number of allylic oxidation sites excluding steroid dienone is 7. The van der Waals surface area contributed by atoms with Gasteiger partial charge in [0, 0.05) is 55.0 Å². The fraction of sp³-hybridized carbons (Fsp3) is 0.467. The van der Waals surface area contributed by atoms with Crippen molar-refractivity contribution >= 4 is 11.5 Å². The van der Waals surface area contributed by atoms with Gasteiger partial charge in [0.1, 0.15) is 5.76 Å². The van der Waals surface area contributed by atoms with E-state index in [-0.39, 0.29) is 37.1 Å². The second-order valence-corrected chi connectivity index (χ2v) is 11.2. The molecule has 0 saturated heterocycles. The normalized spacial score (nSPS) is 17.9. The van der Waals surface area contributed by atoms with Crippen LogP contribution in [0.25, 0.3) is 0 Å². The second-order valence-electron chi connectivity index (χ2n) is 11.2. The van der Waals surface area contributed by atoms with Crippen molar-refractivity contribution in [1.82, 2.24) is 0 Å². The Kier molecular flexibility index (Phi) is 10.7. The van der Waals surface area contributed by atoms with Gasteiger partial charge in [-0.2, -0.15) is 0 Å². The summed E-state index contributed by atoms with van der Waals surface area (Å²) in [7, 11) is 1.73. The Morgan fingerprint density at radius 1 is 1.09 bits per heavy atom. The zero-order chi connectivity index (χ0) is 25.8. The van der Waals surface area contributed by atoms with Gasteiger partial charge in [0.2, 0.25) is 0 Å². The Morgan fingerprint density at radius 2 is 1.71 bits per heavy atom. The predicted molar refractivity (Wildman–Crippen MR) is 141 cm³/mol. The van der Waals surface area contributed by atoms with Crippen LogP contribution >= 0.6 is 0 Å². The number of aryl methyl sites for hydroxylation is 2. The number of carbonyl (C=O) groups excluding carboxylic acids is 1. The van der Waals surface area contributed by atoms with E-state index in [0.717, 1.165) is 34.7 Å². The van der Waals surface area contributed by atoms with E-state index in [9.17, 15) is 9.90 Å². The van der Waals surface area contributed by atoms with Crippen LogP contribution < -0.4 is 0 Å². The van der Waals surface area contributed by atoms with Crippen molar-refractivity contribution in [3.8, 4) is 0 Å². The summed E-state index contributed by atoms with van der Waals surface area (Å²) in [6, 6.07) is 7.72. The van der Waals surface area contributed by atoms with Crippen LogP contribution in [0.1, 0.15) is 71.6 Å². The summed E-state index contributed by atoms with van der Waals surface area (Å²) in [5, 5.41) is 9.56. The summed E-state index contributed by atoms with van der Waals surface area (Å²) in [5.41, 5.74) is 6.10. The summed E-state index contributed by atoms with van der Waals surface area (Å²) in [6.07, 6.45) is 8.62. The third-order valence-electron chi connectivity index (χ3n) is 5.75. The first-order chi connectivity index (χ1) is 15.6. The number of nitrogens with zero attached hydrogens (tertiary/aromatic N) is 1. The molecule has 1 N–H and O–H groups in total. The number of benzene rings is 1. The second kappa shape index (κ2) is 12.1. The topological polar surface area (TPSA) is 58.9 Å². The third-order valence-corrected chi connectivity index (χ3v) is 5.75. The molecule has 1 radical (unpaired) electrons. The average Bonchev–Trinajstić information content (AvgIpc) is 2.71. The van der Waals surface area contributed by atoms with Crippen molar-refractivity contribution in [2.45, 2.75) is 68.7 Å². The zero-order valence-corrected chi connectivity index (χ0v) is 25.2. The molecule has 1 heterocycles. The number of ether oxygens (including phenoxy) is 1. The number of aliphatic hydroxyl groups is 1. The van der Waals surface area contributed by atoms with E-state index < -0.39 is 5.41 Å². The largest absolute Gasteiger partial charge is 0.512 e. The first-order valence-corrected chi connectivity index (χ1v) is 11.8. The van der Waals surface area contributed by atoms with Crippen molar-refractivity contribution in [2.75, 3.05) is 7.11 Å². The summed E-state index contributed by atoms with van der Waals surface area (Å²) in [6.45, 7) is 17.4. The van der Waals surface area contributed by atoms with Crippen LogP contribution in [0.3, 0.4) is 0 Å². The number of hydrogen-bond acceptors (Lipinski definition) is 4. The summed E-state index contributed by atoms with van der Waals surface area (Å²) in [4.78, 5) is 16.4. The molecule has 2 aliphatic rings. The Morgan fingerprint density at radius 3 is 2.23 bits per heavy atom. The van der Waals surface area contributed by atoms with Gasteiger partial charge in [0.15, 0.2) is 5.78 Å². The number of methoxy groups -OCH3 is 1. The molecule has 4 nitrogen and oxygen atoms in total. The summed E-state index contributed by atoms with van der Waals surface area (Å²) in [5.74, 6) is 1.45. The minimum atomic E-state index is -0.417. The average molecular weight is 655 g/mol. The molecule has 3 rings (SSSR count). The number of dihydropyridines is 1. The Hall–Kier alpha value is -2.23. The number of carbonyl (C=O) groups is 1. The standard InChI is InChI=1S/C19H20NO.C11H20O2.Ir/c1-12-7-13(2)9-16(8-12)19-14(3)10-15-11-17(21-4)5-6-18(15)20-19;1-10(2,3)8(12)7-9(13)11(4,5)6;/h5-8,10,15H,11H2,1-4H3;7,12H,1-6H3;/q-1;;/b;8-7-;. The Bertz CT molecular complexity index is 1070. The van der Waals surface area contributed by atoms with Gasteiger partial charge >= 0.3 is 0 Å². The summed E-state index contributed by atoms with van der Waals surface area (Å²) < 4.78 is 5.35. The molecule has 5 heteroatoms. The van der Waals surface area contributed by atoms with Crippen LogP contribution in [0.2, 0.25) is 0 Å². The van der Waals surface area contributed by atoms with Crippen molar-refractivity contribution in [1.29, 1.82) is 0 Å². The van der Waals surface area contributed by atoms with Gasteiger partial charge in [0.25, 0.3) is 0 Å². The zero-order valence-electron chi connectivity index (χ0n) is 22.8. The van der Waals surface area contributed by atoms with Gasteiger partial charge in [-0.25, -0.2) is 0 Å². The van der Waals surface area contributed by atoms with Crippen molar-refractivity contribution < 1.29 is 34.7 Å². The maximum atomic E-state index is 11.5. The minimum Gasteiger partial charge on any atom is -0.512 e. The van der Waals surface area contributed by atoms with E-state index in [2.05, 4.69) is 51.1 Å². The number of hydrogen-bond donors (Lipinski definition) is 1. The molecule has 1 aliphatic heterocycles. The van der Waals surface area contributed by atoms with E-state index in [1.807, 2.05) is 47.6 Å². The monoisotopic (exact) mass is 655 g/mol. The van der Waals surface area contributed by atoms with Crippen LogP contribution in [0.5, 0.6) is 0 Å². The summed E-state index contributed by atoms with van der Waals surface area (Å²) >= 11 is 0. The maximum absolute atomic E-state index is 11.5. The molecular weight excluding hydrogens is 615 g/mol. The van der Waals surface area contributed by atoms with Crippen molar-refractivity contribution in [2.24, 2.45) is 21.7 Å². The van der Waals surface area contributed by atoms with Crippen LogP contribution in [0, 0.1) is 36.7 Å². The smallest absolute Gasteiger partial charge is 0.164 e. The SMILES string of the molecule is CC(C)(C)C(=O)/C=C(\O)C(C)(C)C.COC1=CC=C2N=C(c3[c-]c(C)cc(C)c3)C(C)=CC2C1.[Ir]. The molecule has 1 unspecified atom stereocenters. The quantitative estimate of drug-likeness (QED) is 0.210. The molecule has 1 aliphatic carbocycles. The van der Waals surface area contributed by atoms with E-state index in [0.29, 0.717) is 5.92 Å². The number of rotatable bonds is 3. The molecule has 0 spiro atoms. The fourth-order valence-electron chi connectivity index (χ4n) is 3.56. The third kappa shape index (κ3) is 8.74. The molecule has 193 valence electrons. The van der Waals surface area contributed by atoms with E-state index in [1.54, 1.807) is 7.11 Å². The molecule has 0 fully saturated rings. The predicted octanol–water partition coefficient (Wildman–Crippen LogP) is 7.37. The number of aliphatic hydroxyl groups excluding tert-OH is 1. The van der Waals surface area contributed by atoms with Crippen LogP contribution in [0.15, 0.2) is 64.2 Å². The van der Waals surface area contributed by atoms with E-state index in [4.69, 9.17) is 9.73 Å². The fourth-order valence-corrected chi connectivity index (χ4v) is 3.56. The van der Waals surface area contributed by atoms with Crippen molar-refractivity contribution in [3.05, 3.63) is 82.0 Å². The molecule has 1 atom stereocenters. The van der Waals surface area contributed by atoms with E-state index in [1.165, 1.54) is 17.2 Å². The molecule has 35 heavy (non-hydrogen) atoms. The molecular formula is C30H40IrNO3-. The molecule has 0 amide bonds. The van der Waals surface area contributed by atoms with Gasteiger partial charge in [-0.1, -0.05) is 67.0 Å². The maximum Gasteiger partial charge on any atom is 0.164 e. The molecule has 1 aromatic rings. The molecule has 0 aromatic heterocycles. The Labute approximate surface area is 225 Å². The van der Waals surface area contributed by atoms with Gasteiger partial charge in [-0.05, 0) is 24.8 Å². The first-order valence-electron chi connectivity index (χ1n) is 11.8. The van der Waals surface area contributed by atoms with Gasteiger partial charge < -0.3 is 14.8 Å². The minimum absolute atomic E-state index is 0. The molecule has 1 aromatic carbocycles.